The molecule has 2 aromatic carbocycles. The molecule has 0 bridgehead atoms. The highest BCUT2D eigenvalue weighted by Gasteiger charge is 2.32. The molecule has 0 saturated heterocycles. The predicted molar refractivity (Wildman–Crippen MR) is 77.1 cm³/mol. The zero-order valence-corrected chi connectivity index (χ0v) is 13.1. The summed E-state index contributed by atoms with van der Waals surface area (Å²) in [5, 5.41) is 0. The Balaban J connectivity index is 0.000000240. The van der Waals surface area contributed by atoms with Crippen LogP contribution in [-0.2, 0) is 12.4 Å². The normalized spacial score (nSPS) is 11.8. The molecule has 0 aliphatic heterocycles. The van der Waals surface area contributed by atoms with E-state index in [2.05, 4.69) is 0 Å². The Bertz CT molecular complexity index is 677. The van der Waals surface area contributed by atoms with Gasteiger partial charge in [0.05, 0.1) is 11.1 Å². The van der Waals surface area contributed by atoms with Crippen molar-refractivity contribution in [2.24, 2.45) is 0 Å². The molecule has 0 aliphatic carbocycles. The van der Waals surface area contributed by atoms with Crippen LogP contribution in [0.4, 0.5) is 30.7 Å². The lowest BCUT2D eigenvalue weighted by Crippen LogP contribution is -2.07. The van der Waals surface area contributed by atoms with Crippen LogP contribution in [-0.4, -0.2) is 0 Å². The number of rotatable bonds is 0. The van der Waals surface area contributed by atoms with Crippen molar-refractivity contribution in [3.63, 3.8) is 0 Å². The summed E-state index contributed by atoms with van der Waals surface area (Å²) in [5.41, 5.74) is -0.314. The van der Waals surface area contributed by atoms with Crippen LogP contribution in [0.5, 0.6) is 0 Å². The first-order valence-corrected chi connectivity index (χ1v) is 6.79. The molecule has 0 spiro atoms. The van der Waals surface area contributed by atoms with Gasteiger partial charge in [-0.25, -0.2) is 4.39 Å². The Kier molecular flexibility index (Phi) is 6.03. The summed E-state index contributed by atoms with van der Waals surface area (Å²) in [6.45, 7) is 4.52. The molecular formula is C17H15F7. The third-order valence-corrected chi connectivity index (χ3v) is 3.07. The highest BCUT2D eigenvalue weighted by molar-refractivity contribution is 5.32. The van der Waals surface area contributed by atoms with Crippen molar-refractivity contribution in [1.29, 1.82) is 0 Å². The summed E-state index contributed by atoms with van der Waals surface area (Å²) in [6.07, 6.45) is -8.69. The van der Waals surface area contributed by atoms with Gasteiger partial charge in [0, 0.05) is 0 Å². The Labute approximate surface area is 134 Å². The summed E-state index contributed by atoms with van der Waals surface area (Å²) in [7, 11) is 0. The quantitative estimate of drug-likeness (QED) is 0.476. The molecule has 132 valence electrons. The van der Waals surface area contributed by atoms with E-state index in [-0.39, 0.29) is 11.1 Å². The molecule has 0 radical (unpaired) electrons. The van der Waals surface area contributed by atoms with Gasteiger partial charge >= 0.3 is 12.4 Å². The van der Waals surface area contributed by atoms with Crippen molar-refractivity contribution < 1.29 is 30.7 Å². The minimum Gasteiger partial charge on any atom is -0.207 e. The lowest BCUT2D eigenvalue weighted by atomic mass is 10.1. The molecule has 0 amide bonds. The van der Waals surface area contributed by atoms with E-state index >= 15 is 0 Å². The minimum absolute atomic E-state index is 0.266. The van der Waals surface area contributed by atoms with Crippen molar-refractivity contribution in [3.05, 3.63) is 70.0 Å². The molecule has 0 unspecified atom stereocenters. The summed E-state index contributed by atoms with van der Waals surface area (Å²) in [6, 6.07) is 6.75. The van der Waals surface area contributed by atoms with E-state index in [9.17, 15) is 30.7 Å². The molecular weight excluding hydrogens is 337 g/mol. The highest BCUT2D eigenvalue weighted by Crippen LogP contribution is 2.32. The van der Waals surface area contributed by atoms with E-state index in [1.807, 2.05) is 0 Å². The van der Waals surface area contributed by atoms with Gasteiger partial charge in [-0.15, -0.1) is 0 Å². The van der Waals surface area contributed by atoms with Crippen LogP contribution in [0.2, 0.25) is 0 Å². The summed E-state index contributed by atoms with van der Waals surface area (Å²) >= 11 is 0. The monoisotopic (exact) mass is 352 g/mol. The molecule has 7 heteroatoms. The SMILES string of the molecule is Cc1cc(F)cc(C(F)(F)F)c1.Cc1ccc(C)c(C(F)(F)F)c1. The number of aryl methyl sites for hydroxylation is 3. The van der Waals surface area contributed by atoms with E-state index in [0.717, 1.165) is 18.2 Å². The lowest BCUT2D eigenvalue weighted by molar-refractivity contribution is -0.138. The van der Waals surface area contributed by atoms with Gasteiger partial charge in [-0.05, 0) is 56.2 Å². The average molecular weight is 352 g/mol. The fourth-order valence-electron chi connectivity index (χ4n) is 1.94. The first kappa shape index (κ1) is 20.0. The number of alkyl halides is 6. The van der Waals surface area contributed by atoms with E-state index < -0.39 is 29.3 Å². The van der Waals surface area contributed by atoms with Crippen LogP contribution in [0, 0.1) is 26.6 Å². The molecule has 0 aliphatic rings. The van der Waals surface area contributed by atoms with E-state index in [1.54, 1.807) is 13.0 Å². The van der Waals surface area contributed by atoms with Gasteiger partial charge in [-0.1, -0.05) is 17.7 Å². The third-order valence-electron chi connectivity index (χ3n) is 3.07. The lowest BCUT2D eigenvalue weighted by Gasteiger charge is -2.10. The second-order valence-electron chi connectivity index (χ2n) is 5.33. The Morgan fingerprint density at radius 3 is 1.67 bits per heavy atom. The molecule has 2 aromatic rings. The fraction of sp³-hybridized carbons (Fsp3) is 0.294. The van der Waals surface area contributed by atoms with Crippen LogP contribution in [0.25, 0.3) is 0 Å². The van der Waals surface area contributed by atoms with Gasteiger partial charge in [0.1, 0.15) is 5.82 Å². The predicted octanol–water partition coefficient (Wildman–Crippen LogP) is 6.48. The fourth-order valence-corrected chi connectivity index (χ4v) is 1.94. The van der Waals surface area contributed by atoms with Gasteiger partial charge in [0.25, 0.3) is 0 Å². The molecule has 2 rings (SSSR count). The van der Waals surface area contributed by atoms with Crippen LogP contribution >= 0.6 is 0 Å². The van der Waals surface area contributed by atoms with Gasteiger partial charge < -0.3 is 0 Å². The van der Waals surface area contributed by atoms with Gasteiger partial charge in [0.15, 0.2) is 0 Å². The highest BCUT2D eigenvalue weighted by atomic mass is 19.4. The Morgan fingerprint density at radius 2 is 1.25 bits per heavy atom. The maximum atomic E-state index is 12.5. The van der Waals surface area contributed by atoms with Crippen LogP contribution in [0.1, 0.15) is 27.8 Å². The van der Waals surface area contributed by atoms with Crippen molar-refractivity contribution in [1.82, 2.24) is 0 Å². The second-order valence-corrected chi connectivity index (χ2v) is 5.33. The second kappa shape index (κ2) is 7.23. The Hall–Kier alpha value is -2.05. The number of benzene rings is 2. The zero-order valence-electron chi connectivity index (χ0n) is 13.1. The van der Waals surface area contributed by atoms with Crippen molar-refractivity contribution in [2.45, 2.75) is 33.1 Å². The van der Waals surface area contributed by atoms with Crippen LogP contribution in [0.15, 0.2) is 36.4 Å². The van der Waals surface area contributed by atoms with Gasteiger partial charge in [-0.2, -0.15) is 26.3 Å². The number of halogens is 7. The molecule has 0 heterocycles. The number of hydrogen-bond donors (Lipinski definition) is 0. The average Bonchev–Trinajstić information content (AvgIpc) is 2.39. The standard InChI is InChI=1S/C9H9F3.C8H6F4/c1-6-3-4-7(2)8(5-6)9(10,11)12;1-5-2-6(8(10,11)12)4-7(9)3-5/h3-5H,1-2H3;2-4H,1H3. The molecule has 0 saturated carbocycles. The topological polar surface area (TPSA) is 0 Å². The van der Waals surface area contributed by atoms with Crippen molar-refractivity contribution >= 4 is 0 Å². The molecule has 0 aromatic heterocycles. The summed E-state index contributed by atoms with van der Waals surface area (Å²) in [4.78, 5) is 0. The number of hydrogen-bond acceptors (Lipinski definition) is 0. The maximum Gasteiger partial charge on any atom is 0.416 e. The third kappa shape index (κ3) is 5.86. The molecule has 0 fully saturated rings. The molecule has 24 heavy (non-hydrogen) atoms. The maximum absolute atomic E-state index is 12.5. The largest absolute Gasteiger partial charge is 0.416 e. The minimum atomic E-state index is -4.47. The van der Waals surface area contributed by atoms with Crippen molar-refractivity contribution in [2.75, 3.05) is 0 Å². The van der Waals surface area contributed by atoms with Crippen molar-refractivity contribution in [3.8, 4) is 0 Å². The van der Waals surface area contributed by atoms with E-state index in [1.165, 1.54) is 19.9 Å². The molecule has 0 nitrogen and oxygen atoms in total. The summed E-state index contributed by atoms with van der Waals surface area (Å²) in [5.74, 6) is -0.859. The summed E-state index contributed by atoms with van der Waals surface area (Å²) < 4.78 is 85.1. The van der Waals surface area contributed by atoms with Gasteiger partial charge in [-0.3, -0.25) is 0 Å². The van der Waals surface area contributed by atoms with E-state index in [0.29, 0.717) is 11.6 Å². The van der Waals surface area contributed by atoms with Crippen LogP contribution < -0.4 is 0 Å². The first-order valence-electron chi connectivity index (χ1n) is 6.79. The van der Waals surface area contributed by atoms with E-state index in [4.69, 9.17) is 0 Å². The zero-order chi connectivity index (χ0) is 18.7. The van der Waals surface area contributed by atoms with Crippen LogP contribution in [0.3, 0.4) is 0 Å². The molecule has 0 atom stereocenters. The van der Waals surface area contributed by atoms with Gasteiger partial charge in [0.2, 0.25) is 0 Å². The Morgan fingerprint density at radius 1 is 0.667 bits per heavy atom. The molecule has 0 N–H and O–H groups in total. The first-order chi connectivity index (χ1) is 10.8. The smallest absolute Gasteiger partial charge is 0.207 e.